The molecule has 3 N–H and O–H groups in total. The lowest BCUT2D eigenvalue weighted by molar-refractivity contribution is -0.145. The molecule has 0 aromatic heterocycles. The van der Waals surface area contributed by atoms with Crippen LogP contribution >= 0.6 is 0 Å². The van der Waals surface area contributed by atoms with Gasteiger partial charge in [-0.25, -0.2) is 0 Å². The lowest BCUT2D eigenvalue weighted by Gasteiger charge is -2.46. The number of hydrogen-bond acceptors (Lipinski definition) is 3. The van der Waals surface area contributed by atoms with Crippen LogP contribution in [0.25, 0.3) is 0 Å². The van der Waals surface area contributed by atoms with Crippen molar-refractivity contribution in [1.29, 1.82) is 0 Å². The van der Waals surface area contributed by atoms with Crippen LogP contribution < -0.4 is 5.73 Å². The highest BCUT2D eigenvalue weighted by atomic mass is 16.5. The van der Waals surface area contributed by atoms with Gasteiger partial charge in [-0.2, -0.15) is 0 Å². The fourth-order valence-electron chi connectivity index (χ4n) is 3.72. The van der Waals surface area contributed by atoms with Crippen LogP contribution in [0.3, 0.4) is 0 Å². The Bertz CT molecular complexity index is 262. The van der Waals surface area contributed by atoms with Gasteiger partial charge in [0.05, 0.1) is 17.8 Å². The summed E-state index contributed by atoms with van der Waals surface area (Å²) in [6.45, 7) is 4.32. The van der Waals surface area contributed by atoms with Crippen LogP contribution in [-0.4, -0.2) is 29.5 Å². The Morgan fingerprint density at radius 1 is 1.06 bits per heavy atom. The SMILES string of the molecule is CC(O)C(C)OC1(CN)CCC2(CCCC2)CC1. The lowest BCUT2D eigenvalue weighted by Crippen LogP contribution is -2.49. The van der Waals surface area contributed by atoms with Crippen molar-refractivity contribution in [3.8, 4) is 0 Å². The minimum atomic E-state index is -0.421. The first-order valence-electron chi connectivity index (χ1n) is 7.57. The Hall–Kier alpha value is -0.120. The van der Waals surface area contributed by atoms with E-state index in [2.05, 4.69) is 0 Å². The molecule has 2 aliphatic rings. The highest BCUT2D eigenvalue weighted by Gasteiger charge is 2.44. The van der Waals surface area contributed by atoms with Gasteiger partial charge < -0.3 is 15.6 Å². The van der Waals surface area contributed by atoms with Crippen LogP contribution in [0.1, 0.15) is 65.2 Å². The van der Waals surface area contributed by atoms with Crippen molar-refractivity contribution >= 4 is 0 Å². The molecule has 0 aliphatic heterocycles. The molecule has 0 amide bonds. The summed E-state index contributed by atoms with van der Waals surface area (Å²) in [4.78, 5) is 0. The highest BCUT2D eigenvalue weighted by molar-refractivity contribution is 4.97. The number of aliphatic hydroxyl groups excluding tert-OH is 1. The molecule has 3 nitrogen and oxygen atoms in total. The first kappa shape index (κ1) is 14.3. The standard InChI is InChI=1S/C15H29NO2/c1-12(17)13(2)18-15(11-16)9-7-14(8-10-15)5-3-4-6-14/h12-13,17H,3-11,16H2,1-2H3. The average Bonchev–Trinajstić information content (AvgIpc) is 2.81. The number of nitrogens with two attached hydrogens (primary N) is 1. The summed E-state index contributed by atoms with van der Waals surface area (Å²) < 4.78 is 6.12. The second kappa shape index (κ2) is 5.48. The van der Waals surface area contributed by atoms with Crippen LogP contribution in [0.5, 0.6) is 0 Å². The van der Waals surface area contributed by atoms with E-state index in [4.69, 9.17) is 10.5 Å². The van der Waals surface area contributed by atoms with Gasteiger partial charge in [0.25, 0.3) is 0 Å². The molecule has 18 heavy (non-hydrogen) atoms. The molecule has 0 saturated heterocycles. The van der Waals surface area contributed by atoms with Gasteiger partial charge in [0, 0.05) is 6.54 Å². The van der Waals surface area contributed by atoms with E-state index in [0.717, 1.165) is 12.8 Å². The summed E-state index contributed by atoms with van der Waals surface area (Å²) >= 11 is 0. The van der Waals surface area contributed by atoms with Crippen LogP contribution in [0.15, 0.2) is 0 Å². The van der Waals surface area contributed by atoms with Crippen molar-refractivity contribution in [2.75, 3.05) is 6.54 Å². The molecule has 2 rings (SSSR count). The zero-order valence-electron chi connectivity index (χ0n) is 12.0. The number of aliphatic hydroxyl groups is 1. The minimum absolute atomic E-state index is 0.119. The van der Waals surface area contributed by atoms with Gasteiger partial charge in [-0.1, -0.05) is 12.8 Å². The second-order valence-corrected chi connectivity index (χ2v) is 6.66. The van der Waals surface area contributed by atoms with Crippen LogP contribution in [0.2, 0.25) is 0 Å². The third-order valence-electron chi connectivity index (χ3n) is 5.37. The molecule has 106 valence electrons. The largest absolute Gasteiger partial charge is 0.391 e. The van der Waals surface area contributed by atoms with E-state index in [-0.39, 0.29) is 11.7 Å². The second-order valence-electron chi connectivity index (χ2n) is 6.66. The molecule has 1 spiro atoms. The third kappa shape index (κ3) is 2.89. The van der Waals surface area contributed by atoms with E-state index in [1.807, 2.05) is 6.92 Å². The summed E-state index contributed by atoms with van der Waals surface area (Å²) in [6.07, 6.45) is 9.73. The van der Waals surface area contributed by atoms with Gasteiger partial charge in [0.2, 0.25) is 0 Å². The van der Waals surface area contributed by atoms with Gasteiger partial charge in [-0.15, -0.1) is 0 Å². The molecule has 0 radical (unpaired) electrons. The van der Waals surface area contributed by atoms with Gasteiger partial charge in [-0.05, 0) is 57.8 Å². The molecule has 2 unspecified atom stereocenters. The van der Waals surface area contributed by atoms with E-state index < -0.39 is 6.10 Å². The maximum absolute atomic E-state index is 9.60. The van der Waals surface area contributed by atoms with Gasteiger partial charge in [0.15, 0.2) is 0 Å². The average molecular weight is 255 g/mol. The summed E-state index contributed by atoms with van der Waals surface area (Å²) in [5.41, 5.74) is 6.40. The Morgan fingerprint density at radius 3 is 2.06 bits per heavy atom. The molecular weight excluding hydrogens is 226 g/mol. The lowest BCUT2D eigenvalue weighted by atomic mass is 9.67. The molecule has 2 aliphatic carbocycles. The fourth-order valence-corrected chi connectivity index (χ4v) is 3.72. The summed E-state index contributed by atoms with van der Waals surface area (Å²) in [6, 6.07) is 0. The molecule has 0 aromatic rings. The van der Waals surface area contributed by atoms with E-state index in [0.29, 0.717) is 12.0 Å². The summed E-state index contributed by atoms with van der Waals surface area (Å²) in [5, 5.41) is 9.60. The van der Waals surface area contributed by atoms with Crippen molar-refractivity contribution in [2.24, 2.45) is 11.1 Å². The third-order valence-corrected chi connectivity index (χ3v) is 5.37. The van der Waals surface area contributed by atoms with Crippen molar-refractivity contribution in [2.45, 2.75) is 83.0 Å². The van der Waals surface area contributed by atoms with Gasteiger partial charge >= 0.3 is 0 Å². The summed E-state index contributed by atoms with van der Waals surface area (Å²) in [7, 11) is 0. The van der Waals surface area contributed by atoms with Crippen LogP contribution in [-0.2, 0) is 4.74 Å². The summed E-state index contributed by atoms with van der Waals surface area (Å²) in [5.74, 6) is 0. The van der Waals surface area contributed by atoms with Gasteiger partial charge in [0.1, 0.15) is 0 Å². The molecule has 2 saturated carbocycles. The van der Waals surface area contributed by atoms with Crippen LogP contribution in [0.4, 0.5) is 0 Å². The minimum Gasteiger partial charge on any atom is -0.391 e. The zero-order chi connectivity index (χ0) is 13.2. The van der Waals surface area contributed by atoms with Crippen LogP contribution in [0, 0.1) is 5.41 Å². The predicted molar refractivity (Wildman–Crippen MR) is 73.4 cm³/mol. The molecule has 0 bridgehead atoms. The first-order chi connectivity index (χ1) is 8.51. The monoisotopic (exact) mass is 255 g/mol. The molecule has 3 heteroatoms. The molecule has 2 fully saturated rings. The molecular formula is C15H29NO2. The maximum atomic E-state index is 9.60. The van der Waals surface area contributed by atoms with E-state index in [1.165, 1.54) is 38.5 Å². The smallest absolute Gasteiger partial charge is 0.0811 e. The Balaban J connectivity index is 1.94. The fraction of sp³-hybridized carbons (Fsp3) is 1.00. The topological polar surface area (TPSA) is 55.5 Å². The van der Waals surface area contributed by atoms with E-state index in [9.17, 15) is 5.11 Å². The first-order valence-corrected chi connectivity index (χ1v) is 7.57. The van der Waals surface area contributed by atoms with Crippen molar-refractivity contribution in [3.63, 3.8) is 0 Å². The normalized spacial score (nSPS) is 29.3. The molecule has 0 heterocycles. The Morgan fingerprint density at radius 2 is 1.61 bits per heavy atom. The number of hydrogen-bond donors (Lipinski definition) is 2. The number of ether oxygens (including phenoxy) is 1. The zero-order valence-corrected chi connectivity index (χ0v) is 12.0. The van der Waals surface area contributed by atoms with Crippen molar-refractivity contribution < 1.29 is 9.84 Å². The van der Waals surface area contributed by atoms with E-state index >= 15 is 0 Å². The predicted octanol–water partition coefficient (Wildman–Crippen LogP) is 2.60. The number of rotatable bonds is 4. The quantitative estimate of drug-likeness (QED) is 0.812. The van der Waals surface area contributed by atoms with Crippen molar-refractivity contribution in [1.82, 2.24) is 0 Å². The van der Waals surface area contributed by atoms with Crippen molar-refractivity contribution in [3.05, 3.63) is 0 Å². The molecule has 2 atom stereocenters. The molecule has 0 aromatic carbocycles. The maximum Gasteiger partial charge on any atom is 0.0811 e. The van der Waals surface area contributed by atoms with E-state index in [1.54, 1.807) is 6.92 Å². The van der Waals surface area contributed by atoms with Gasteiger partial charge in [-0.3, -0.25) is 0 Å². The Labute approximate surface area is 111 Å². The highest BCUT2D eigenvalue weighted by Crippen LogP contribution is 2.52. The Kier molecular flexibility index (Phi) is 4.35.